The van der Waals surface area contributed by atoms with Crippen LogP contribution in [0.25, 0.3) is 10.9 Å². The second-order valence-corrected chi connectivity index (χ2v) is 6.87. The van der Waals surface area contributed by atoms with Gasteiger partial charge in [-0.15, -0.1) is 0 Å². The standard InChI is InChI=1S/C22H24N2O6/c1-26-16-8-7-15-19(23-24-12-30-9-5-6-14(16)20(15)24)21(25)13-10-17(27-2)22(29-4)18(11-13)28-3/h7-8,10-11H,5-6,9,12H2,1-4H3. The van der Waals surface area contributed by atoms with Gasteiger partial charge in [0.25, 0.3) is 0 Å². The molecule has 0 saturated heterocycles. The topological polar surface area (TPSA) is 81.0 Å². The Kier molecular flexibility index (Phi) is 5.50. The lowest BCUT2D eigenvalue weighted by atomic mass is 10.00. The first-order valence-electron chi connectivity index (χ1n) is 9.61. The van der Waals surface area contributed by atoms with Gasteiger partial charge in [-0.1, -0.05) is 0 Å². The van der Waals surface area contributed by atoms with Gasteiger partial charge in [0.1, 0.15) is 18.2 Å². The van der Waals surface area contributed by atoms with Gasteiger partial charge in [0, 0.05) is 23.1 Å². The Morgan fingerprint density at radius 1 is 1.00 bits per heavy atom. The summed E-state index contributed by atoms with van der Waals surface area (Å²) in [7, 11) is 6.20. The summed E-state index contributed by atoms with van der Waals surface area (Å²) in [4.78, 5) is 13.5. The van der Waals surface area contributed by atoms with Gasteiger partial charge in [-0.25, -0.2) is 4.68 Å². The van der Waals surface area contributed by atoms with E-state index in [1.807, 2.05) is 12.1 Å². The van der Waals surface area contributed by atoms with Crippen molar-refractivity contribution in [1.82, 2.24) is 9.78 Å². The monoisotopic (exact) mass is 412 g/mol. The number of ketones is 1. The van der Waals surface area contributed by atoms with Crippen molar-refractivity contribution in [3.63, 3.8) is 0 Å². The number of carbonyl (C=O) groups excluding carboxylic acids is 1. The molecule has 2 aromatic carbocycles. The van der Waals surface area contributed by atoms with E-state index < -0.39 is 0 Å². The van der Waals surface area contributed by atoms with Crippen LogP contribution in [0.2, 0.25) is 0 Å². The van der Waals surface area contributed by atoms with E-state index >= 15 is 0 Å². The Balaban J connectivity index is 1.89. The third kappa shape index (κ3) is 3.23. The van der Waals surface area contributed by atoms with E-state index in [2.05, 4.69) is 5.10 Å². The second kappa shape index (κ2) is 8.23. The molecule has 0 N–H and O–H groups in total. The number of aromatic nitrogens is 2. The van der Waals surface area contributed by atoms with Crippen molar-refractivity contribution in [3.8, 4) is 23.0 Å². The maximum atomic E-state index is 13.5. The molecule has 4 rings (SSSR count). The molecule has 0 saturated carbocycles. The molecule has 1 aliphatic heterocycles. The van der Waals surface area contributed by atoms with Gasteiger partial charge in [0.2, 0.25) is 11.5 Å². The molecular formula is C22H24N2O6. The summed E-state index contributed by atoms with van der Waals surface area (Å²) in [6, 6.07) is 7.02. The van der Waals surface area contributed by atoms with Gasteiger partial charge in [-0.2, -0.15) is 5.10 Å². The minimum atomic E-state index is -0.242. The Morgan fingerprint density at radius 3 is 2.33 bits per heavy atom. The first kappa shape index (κ1) is 20.0. The number of carbonyl (C=O) groups is 1. The number of nitrogens with zero attached hydrogens (tertiary/aromatic N) is 2. The predicted molar refractivity (Wildman–Crippen MR) is 110 cm³/mol. The summed E-state index contributed by atoms with van der Waals surface area (Å²) in [6.45, 7) is 0.897. The fraction of sp³-hybridized carbons (Fsp3) is 0.364. The second-order valence-electron chi connectivity index (χ2n) is 6.87. The number of rotatable bonds is 6. The summed E-state index contributed by atoms with van der Waals surface area (Å²) in [5.74, 6) is 1.80. The van der Waals surface area contributed by atoms with Crippen LogP contribution in [0.3, 0.4) is 0 Å². The molecule has 0 atom stereocenters. The third-order valence-corrected chi connectivity index (χ3v) is 5.26. The zero-order chi connectivity index (χ0) is 21.3. The molecule has 0 fully saturated rings. The number of benzene rings is 2. The Bertz CT molecular complexity index is 1080. The lowest BCUT2D eigenvalue weighted by molar-refractivity contribution is 0.0673. The van der Waals surface area contributed by atoms with E-state index in [1.54, 1.807) is 23.9 Å². The van der Waals surface area contributed by atoms with E-state index in [1.165, 1.54) is 21.3 Å². The highest BCUT2D eigenvalue weighted by molar-refractivity contribution is 6.15. The van der Waals surface area contributed by atoms with Crippen molar-refractivity contribution in [2.45, 2.75) is 19.6 Å². The van der Waals surface area contributed by atoms with Crippen LogP contribution in [0, 0.1) is 0 Å². The molecule has 0 aliphatic carbocycles. The van der Waals surface area contributed by atoms with Crippen molar-refractivity contribution < 1.29 is 28.5 Å². The minimum Gasteiger partial charge on any atom is -0.496 e. The van der Waals surface area contributed by atoms with Crippen LogP contribution < -0.4 is 18.9 Å². The fourth-order valence-corrected chi connectivity index (χ4v) is 3.87. The molecule has 0 spiro atoms. The van der Waals surface area contributed by atoms with Crippen LogP contribution in [0.5, 0.6) is 23.0 Å². The highest BCUT2D eigenvalue weighted by Crippen LogP contribution is 2.39. The van der Waals surface area contributed by atoms with Crippen LogP contribution in [-0.2, 0) is 17.9 Å². The predicted octanol–water partition coefficient (Wildman–Crippen LogP) is 3.22. The zero-order valence-electron chi connectivity index (χ0n) is 17.5. The number of methoxy groups -OCH3 is 4. The first-order chi connectivity index (χ1) is 14.6. The quantitative estimate of drug-likeness (QED) is 0.575. The molecule has 8 heteroatoms. The van der Waals surface area contributed by atoms with Crippen molar-refractivity contribution in [2.24, 2.45) is 0 Å². The largest absolute Gasteiger partial charge is 0.496 e. The fourth-order valence-electron chi connectivity index (χ4n) is 3.87. The first-order valence-corrected chi connectivity index (χ1v) is 9.61. The summed E-state index contributed by atoms with van der Waals surface area (Å²) < 4.78 is 29.1. The lowest BCUT2D eigenvalue weighted by Gasteiger charge is -2.15. The molecule has 0 amide bonds. The molecule has 2 heterocycles. The van der Waals surface area contributed by atoms with Crippen LogP contribution in [-0.4, -0.2) is 50.6 Å². The summed E-state index contributed by atoms with van der Waals surface area (Å²) >= 11 is 0. The minimum absolute atomic E-state index is 0.242. The Morgan fingerprint density at radius 2 is 1.70 bits per heavy atom. The van der Waals surface area contributed by atoms with E-state index in [9.17, 15) is 4.79 Å². The van der Waals surface area contributed by atoms with E-state index in [4.69, 9.17) is 23.7 Å². The van der Waals surface area contributed by atoms with Crippen molar-refractivity contribution in [2.75, 3.05) is 35.0 Å². The molecule has 0 radical (unpaired) electrons. The van der Waals surface area contributed by atoms with Crippen LogP contribution in [0.1, 0.15) is 28.0 Å². The number of ether oxygens (including phenoxy) is 5. The van der Waals surface area contributed by atoms with Crippen LogP contribution >= 0.6 is 0 Å². The Hall–Kier alpha value is -3.26. The molecule has 0 unspecified atom stereocenters. The molecule has 8 nitrogen and oxygen atoms in total. The number of hydrogen-bond donors (Lipinski definition) is 0. The lowest BCUT2D eigenvalue weighted by Crippen LogP contribution is -2.11. The molecule has 1 aromatic heterocycles. The maximum absolute atomic E-state index is 13.5. The summed E-state index contributed by atoms with van der Waals surface area (Å²) in [5.41, 5.74) is 2.64. The zero-order valence-corrected chi connectivity index (χ0v) is 17.5. The average Bonchev–Trinajstić information content (AvgIpc) is 3.13. The molecule has 1 aliphatic rings. The average molecular weight is 412 g/mol. The van der Waals surface area contributed by atoms with Gasteiger partial charge in [-0.05, 0) is 37.1 Å². The van der Waals surface area contributed by atoms with E-state index in [0.29, 0.717) is 35.1 Å². The SMILES string of the molecule is COc1cc(C(=O)c2nn3c4c(c(OC)ccc24)CCCOC3)cc(OC)c1OC. The highest BCUT2D eigenvalue weighted by atomic mass is 16.5. The maximum Gasteiger partial charge on any atom is 0.214 e. The van der Waals surface area contributed by atoms with E-state index in [0.717, 1.165) is 35.1 Å². The summed E-state index contributed by atoms with van der Waals surface area (Å²) in [6.07, 6.45) is 1.65. The van der Waals surface area contributed by atoms with E-state index in [-0.39, 0.29) is 12.5 Å². The van der Waals surface area contributed by atoms with Crippen molar-refractivity contribution in [1.29, 1.82) is 0 Å². The molecule has 30 heavy (non-hydrogen) atoms. The van der Waals surface area contributed by atoms with Gasteiger partial charge in [0.05, 0.1) is 34.0 Å². The van der Waals surface area contributed by atoms with Crippen molar-refractivity contribution in [3.05, 3.63) is 41.1 Å². The van der Waals surface area contributed by atoms with Crippen LogP contribution in [0.4, 0.5) is 0 Å². The normalized spacial score (nSPS) is 13.5. The van der Waals surface area contributed by atoms with Gasteiger partial charge < -0.3 is 23.7 Å². The summed E-state index contributed by atoms with van der Waals surface area (Å²) in [5, 5.41) is 5.36. The molecule has 158 valence electrons. The van der Waals surface area contributed by atoms with Gasteiger partial charge >= 0.3 is 0 Å². The number of aryl methyl sites for hydroxylation is 1. The molecule has 3 aromatic rings. The van der Waals surface area contributed by atoms with Crippen molar-refractivity contribution >= 4 is 16.7 Å². The van der Waals surface area contributed by atoms with Gasteiger partial charge in [-0.3, -0.25) is 4.79 Å². The molecular weight excluding hydrogens is 388 g/mol. The highest BCUT2D eigenvalue weighted by Gasteiger charge is 2.25. The van der Waals surface area contributed by atoms with Crippen LogP contribution in [0.15, 0.2) is 24.3 Å². The number of hydrogen-bond acceptors (Lipinski definition) is 7. The third-order valence-electron chi connectivity index (χ3n) is 5.26. The smallest absolute Gasteiger partial charge is 0.214 e. The molecule has 0 bridgehead atoms. The Labute approximate surface area is 174 Å². The van der Waals surface area contributed by atoms with Gasteiger partial charge in [0.15, 0.2) is 11.5 Å².